The third kappa shape index (κ3) is 6.87. The van der Waals surface area contributed by atoms with Gasteiger partial charge in [0.15, 0.2) is 5.03 Å². The van der Waals surface area contributed by atoms with Gasteiger partial charge in [-0.3, -0.25) is 0 Å². The number of carboxylic acids is 1. The van der Waals surface area contributed by atoms with E-state index in [0.717, 1.165) is 6.33 Å². The molecule has 1 aromatic carbocycles. The summed E-state index contributed by atoms with van der Waals surface area (Å²) in [5.74, 6) is -0.721. The van der Waals surface area contributed by atoms with Crippen molar-refractivity contribution < 1.29 is 32.6 Å². The number of hydrogen-bond acceptors (Lipinski definition) is 9. The number of aliphatic carboxylic acids is 1. The Kier molecular flexibility index (Phi) is 8.95. The van der Waals surface area contributed by atoms with Gasteiger partial charge in [0, 0.05) is 38.7 Å². The summed E-state index contributed by atoms with van der Waals surface area (Å²) < 4.78 is 37.3. The lowest BCUT2D eigenvalue weighted by molar-refractivity contribution is -0.137. The molecule has 13 heteroatoms. The standard InChI is InChI=1S/C22H29N5O7S/c1-3-27(4-2)35(31,32)20-14-19(23-15-24-20)25-18(21(28)29)13-16-5-7-17(8-6-16)34-22(30)26-9-11-33-12-10-26/h5-8,14-15,18H,3-4,9-13H2,1-2H3,(H,28,29)(H,23,24,25)/t18-/m0/s1. The van der Waals surface area contributed by atoms with Gasteiger partial charge in [0.05, 0.1) is 13.2 Å². The Morgan fingerprint density at radius 2 is 1.83 bits per heavy atom. The van der Waals surface area contributed by atoms with Gasteiger partial charge in [-0.2, -0.15) is 4.31 Å². The van der Waals surface area contributed by atoms with E-state index in [-0.39, 0.29) is 30.4 Å². The van der Waals surface area contributed by atoms with Crippen LogP contribution in [0.4, 0.5) is 10.6 Å². The smallest absolute Gasteiger partial charge is 0.415 e. The molecule has 1 aliphatic heterocycles. The Hall–Kier alpha value is -3.29. The van der Waals surface area contributed by atoms with E-state index in [2.05, 4.69) is 15.3 Å². The van der Waals surface area contributed by atoms with Gasteiger partial charge in [0.2, 0.25) is 0 Å². The number of hydrogen-bond donors (Lipinski definition) is 2. The summed E-state index contributed by atoms with van der Waals surface area (Å²) in [6.45, 7) is 5.85. The predicted molar refractivity (Wildman–Crippen MR) is 126 cm³/mol. The molecule has 1 saturated heterocycles. The molecule has 0 bridgehead atoms. The van der Waals surface area contributed by atoms with Crippen molar-refractivity contribution in [2.75, 3.05) is 44.7 Å². The molecule has 2 aromatic rings. The first-order valence-electron chi connectivity index (χ1n) is 11.2. The van der Waals surface area contributed by atoms with Crippen molar-refractivity contribution in [1.82, 2.24) is 19.2 Å². The van der Waals surface area contributed by atoms with E-state index in [1.165, 1.54) is 10.4 Å². The van der Waals surface area contributed by atoms with Crippen LogP contribution in [0.3, 0.4) is 0 Å². The van der Waals surface area contributed by atoms with Crippen molar-refractivity contribution in [3.8, 4) is 5.75 Å². The highest BCUT2D eigenvalue weighted by Gasteiger charge is 2.25. The number of morpholine rings is 1. The maximum absolute atomic E-state index is 12.7. The summed E-state index contributed by atoms with van der Waals surface area (Å²) >= 11 is 0. The maximum Gasteiger partial charge on any atom is 0.415 e. The quantitative estimate of drug-likeness (QED) is 0.452. The Labute approximate surface area is 203 Å². The average Bonchev–Trinajstić information content (AvgIpc) is 2.86. The van der Waals surface area contributed by atoms with Crippen LogP contribution in [-0.4, -0.2) is 90.2 Å². The average molecular weight is 508 g/mol. The zero-order chi connectivity index (χ0) is 25.4. The molecule has 2 heterocycles. The third-order valence-corrected chi connectivity index (χ3v) is 7.36. The minimum atomic E-state index is -3.82. The number of rotatable bonds is 10. The number of amides is 1. The topological polar surface area (TPSA) is 151 Å². The third-order valence-electron chi connectivity index (χ3n) is 5.41. The molecule has 35 heavy (non-hydrogen) atoms. The minimum absolute atomic E-state index is 0.0780. The normalized spacial score (nSPS) is 15.0. The van der Waals surface area contributed by atoms with Crippen LogP contribution in [0.25, 0.3) is 0 Å². The number of nitrogens with one attached hydrogen (secondary N) is 1. The number of carboxylic acid groups (broad SMARTS) is 1. The summed E-state index contributed by atoms with van der Waals surface area (Å²) in [5, 5.41) is 12.2. The van der Waals surface area contributed by atoms with Gasteiger partial charge in [-0.1, -0.05) is 26.0 Å². The van der Waals surface area contributed by atoms with Crippen molar-refractivity contribution in [3.63, 3.8) is 0 Å². The molecule has 1 atom stereocenters. The Morgan fingerprint density at radius 1 is 1.17 bits per heavy atom. The monoisotopic (exact) mass is 507 g/mol. The molecule has 3 rings (SSSR count). The molecule has 1 aromatic heterocycles. The van der Waals surface area contributed by atoms with Crippen LogP contribution in [0, 0.1) is 0 Å². The zero-order valence-corrected chi connectivity index (χ0v) is 20.4. The highest BCUT2D eigenvalue weighted by atomic mass is 32.2. The number of ether oxygens (including phenoxy) is 2. The van der Waals surface area contributed by atoms with Gasteiger partial charge in [0.1, 0.15) is 23.9 Å². The van der Waals surface area contributed by atoms with Crippen LogP contribution in [0.15, 0.2) is 41.7 Å². The first-order chi connectivity index (χ1) is 16.7. The van der Waals surface area contributed by atoms with Gasteiger partial charge in [0.25, 0.3) is 10.0 Å². The lowest BCUT2D eigenvalue weighted by Gasteiger charge is -2.25. The highest BCUT2D eigenvalue weighted by Crippen LogP contribution is 2.19. The first-order valence-corrected chi connectivity index (χ1v) is 12.6. The Balaban J connectivity index is 1.67. The number of nitrogens with zero attached hydrogens (tertiary/aromatic N) is 4. The summed E-state index contributed by atoms with van der Waals surface area (Å²) in [7, 11) is -3.82. The Bertz CT molecular complexity index is 1120. The largest absolute Gasteiger partial charge is 0.480 e. The number of anilines is 1. The fraction of sp³-hybridized carbons (Fsp3) is 0.455. The first kappa shape index (κ1) is 26.3. The van der Waals surface area contributed by atoms with Crippen LogP contribution < -0.4 is 10.1 Å². The summed E-state index contributed by atoms with van der Waals surface area (Å²) in [4.78, 5) is 33.4. The van der Waals surface area contributed by atoms with Gasteiger partial charge >= 0.3 is 12.1 Å². The number of carbonyl (C=O) groups excluding carboxylic acids is 1. The van der Waals surface area contributed by atoms with E-state index in [1.807, 2.05) is 0 Å². The molecule has 0 saturated carbocycles. The lowest BCUT2D eigenvalue weighted by atomic mass is 10.1. The summed E-state index contributed by atoms with van der Waals surface area (Å²) in [6, 6.07) is 6.64. The van der Waals surface area contributed by atoms with Gasteiger partial charge < -0.3 is 24.8 Å². The van der Waals surface area contributed by atoms with Crippen LogP contribution in [0.5, 0.6) is 5.75 Å². The molecule has 1 fully saturated rings. The highest BCUT2D eigenvalue weighted by molar-refractivity contribution is 7.89. The van der Waals surface area contributed by atoms with Gasteiger partial charge in [-0.15, -0.1) is 0 Å². The van der Waals surface area contributed by atoms with E-state index in [9.17, 15) is 23.1 Å². The maximum atomic E-state index is 12.7. The molecule has 2 N–H and O–H groups in total. The van der Waals surface area contributed by atoms with Gasteiger partial charge in [-0.25, -0.2) is 28.0 Å². The van der Waals surface area contributed by atoms with Crippen molar-refractivity contribution in [1.29, 1.82) is 0 Å². The molecule has 12 nitrogen and oxygen atoms in total. The molecule has 0 aliphatic carbocycles. The summed E-state index contributed by atoms with van der Waals surface area (Å²) in [6.07, 6.45) is 0.690. The second-order valence-electron chi connectivity index (χ2n) is 7.68. The minimum Gasteiger partial charge on any atom is -0.480 e. The number of sulfonamides is 1. The fourth-order valence-corrected chi connectivity index (χ4v) is 4.86. The van der Waals surface area contributed by atoms with Gasteiger partial charge in [-0.05, 0) is 17.7 Å². The molecule has 190 valence electrons. The van der Waals surface area contributed by atoms with Crippen molar-refractivity contribution in [2.24, 2.45) is 0 Å². The van der Waals surface area contributed by atoms with E-state index in [0.29, 0.717) is 37.6 Å². The number of benzene rings is 1. The SMILES string of the molecule is CCN(CC)S(=O)(=O)c1cc(N[C@@H](Cc2ccc(OC(=O)N3CCOCC3)cc2)C(=O)O)ncn1. The lowest BCUT2D eigenvalue weighted by Crippen LogP contribution is -2.42. The molecular weight excluding hydrogens is 478 g/mol. The van der Waals surface area contributed by atoms with Crippen molar-refractivity contribution in [3.05, 3.63) is 42.2 Å². The molecule has 0 radical (unpaired) electrons. The number of carbonyl (C=O) groups is 2. The van der Waals surface area contributed by atoms with Crippen LogP contribution >= 0.6 is 0 Å². The van der Waals surface area contributed by atoms with E-state index >= 15 is 0 Å². The van der Waals surface area contributed by atoms with Crippen LogP contribution in [0.2, 0.25) is 0 Å². The van der Waals surface area contributed by atoms with Crippen molar-refractivity contribution in [2.45, 2.75) is 31.3 Å². The second-order valence-corrected chi connectivity index (χ2v) is 9.57. The van der Waals surface area contributed by atoms with E-state index in [4.69, 9.17) is 9.47 Å². The number of aromatic nitrogens is 2. The molecular formula is C22H29N5O7S. The molecule has 0 spiro atoms. The zero-order valence-electron chi connectivity index (χ0n) is 19.6. The molecule has 1 amide bonds. The molecule has 0 unspecified atom stereocenters. The summed E-state index contributed by atoms with van der Waals surface area (Å²) in [5.41, 5.74) is 0.668. The fourth-order valence-electron chi connectivity index (χ4n) is 3.47. The van der Waals surface area contributed by atoms with E-state index < -0.39 is 28.1 Å². The van der Waals surface area contributed by atoms with Crippen LogP contribution in [-0.2, 0) is 26.0 Å². The second kappa shape index (κ2) is 11.9. The molecule has 1 aliphatic rings. The van der Waals surface area contributed by atoms with Crippen LogP contribution in [0.1, 0.15) is 19.4 Å². The Morgan fingerprint density at radius 3 is 2.43 bits per heavy atom. The van der Waals surface area contributed by atoms with E-state index in [1.54, 1.807) is 43.0 Å². The predicted octanol–water partition coefficient (Wildman–Crippen LogP) is 1.45. The van der Waals surface area contributed by atoms with Crippen molar-refractivity contribution >= 4 is 27.9 Å².